The van der Waals surface area contributed by atoms with Crippen LogP contribution < -0.4 is 10.9 Å². The number of carbonyl (C=O) groups is 2. The second-order valence-corrected chi connectivity index (χ2v) is 7.75. The van der Waals surface area contributed by atoms with E-state index in [9.17, 15) is 14.4 Å². The zero-order chi connectivity index (χ0) is 18.6. The number of urea groups is 1. The van der Waals surface area contributed by atoms with Gasteiger partial charge in [0.05, 0.1) is 12.2 Å². The van der Waals surface area contributed by atoms with Crippen LogP contribution in [0, 0.1) is 0 Å². The van der Waals surface area contributed by atoms with Gasteiger partial charge in [0, 0.05) is 17.6 Å². The van der Waals surface area contributed by atoms with E-state index in [1.54, 1.807) is 11.6 Å². The highest BCUT2D eigenvalue weighted by Crippen LogP contribution is 2.40. The van der Waals surface area contributed by atoms with Gasteiger partial charge in [-0.15, -0.1) is 11.3 Å². The van der Waals surface area contributed by atoms with Gasteiger partial charge in [0.15, 0.2) is 4.96 Å². The van der Waals surface area contributed by atoms with Crippen molar-refractivity contribution in [3.8, 4) is 0 Å². The molecule has 3 amide bonds. The smallest absolute Gasteiger partial charge is 0.319 e. The molecule has 0 radical (unpaired) electrons. The predicted octanol–water partition coefficient (Wildman–Crippen LogP) is 2.04. The molecule has 8 heteroatoms. The molecule has 0 saturated carbocycles. The maximum absolute atomic E-state index is 13.3. The van der Waals surface area contributed by atoms with Gasteiger partial charge >= 0.3 is 6.03 Å². The maximum atomic E-state index is 13.3. The van der Waals surface area contributed by atoms with Gasteiger partial charge < -0.3 is 5.32 Å². The summed E-state index contributed by atoms with van der Waals surface area (Å²) in [6.07, 6.45) is 3.96. The van der Waals surface area contributed by atoms with Crippen LogP contribution in [0.2, 0.25) is 0 Å². The zero-order valence-electron chi connectivity index (χ0n) is 14.3. The van der Waals surface area contributed by atoms with Crippen LogP contribution in [0.1, 0.15) is 29.7 Å². The van der Waals surface area contributed by atoms with E-state index in [1.807, 2.05) is 24.3 Å². The number of aryl methyl sites for hydroxylation is 1. The fourth-order valence-electron chi connectivity index (χ4n) is 4.09. The Hall–Kier alpha value is -3.00. The Morgan fingerprint density at radius 3 is 2.96 bits per heavy atom. The largest absolute Gasteiger partial charge is 0.325 e. The van der Waals surface area contributed by atoms with Crippen molar-refractivity contribution in [3.05, 3.63) is 69.1 Å². The molecule has 1 saturated heterocycles. The quantitative estimate of drug-likeness (QED) is 0.690. The summed E-state index contributed by atoms with van der Waals surface area (Å²) >= 11 is 1.34. The van der Waals surface area contributed by atoms with Crippen LogP contribution >= 0.6 is 11.3 Å². The third-order valence-electron chi connectivity index (χ3n) is 5.33. The van der Waals surface area contributed by atoms with E-state index in [4.69, 9.17) is 0 Å². The second kappa shape index (κ2) is 5.75. The number of imide groups is 1. The summed E-state index contributed by atoms with van der Waals surface area (Å²) in [6.45, 7) is -0.0157. The standard InChI is InChI=1S/C19H16N4O3S/c24-15-10-13(20-18-22(15)8-9-27-18)11-23-16(25)19(21-17(23)26)7-3-5-12-4-1-2-6-14(12)19/h1-2,4,6,8-10H,3,5,7,11H2,(H,21,26)/t19-/m1/s1. The molecule has 0 unspecified atom stereocenters. The lowest BCUT2D eigenvalue weighted by Gasteiger charge is -2.33. The molecule has 3 aromatic rings. The molecule has 1 spiro atoms. The van der Waals surface area contributed by atoms with Crippen molar-refractivity contribution in [2.24, 2.45) is 0 Å². The van der Waals surface area contributed by atoms with E-state index in [1.165, 1.54) is 26.7 Å². The fourth-order valence-corrected chi connectivity index (χ4v) is 4.82. The monoisotopic (exact) mass is 380 g/mol. The number of nitrogens with one attached hydrogen (secondary N) is 1. The van der Waals surface area contributed by atoms with Gasteiger partial charge in [0.1, 0.15) is 5.54 Å². The Kier molecular flexibility index (Phi) is 3.45. The molecular formula is C19H16N4O3S. The topological polar surface area (TPSA) is 83.8 Å². The van der Waals surface area contributed by atoms with Crippen LogP contribution in [0.3, 0.4) is 0 Å². The van der Waals surface area contributed by atoms with Gasteiger partial charge in [-0.1, -0.05) is 24.3 Å². The van der Waals surface area contributed by atoms with E-state index in [0.29, 0.717) is 17.1 Å². The molecule has 3 heterocycles. The van der Waals surface area contributed by atoms with Crippen LogP contribution in [0.5, 0.6) is 0 Å². The van der Waals surface area contributed by atoms with Crippen molar-refractivity contribution in [1.29, 1.82) is 0 Å². The molecular weight excluding hydrogens is 364 g/mol. The van der Waals surface area contributed by atoms with E-state index in [2.05, 4.69) is 10.3 Å². The van der Waals surface area contributed by atoms with Crippen LogP contribution in [0.25, 0.3) is 4.96 Å². The van der Waals surface area contributed by atoms with Crippen LogP contribution in [0.15, 0.2) is 46.7 Å². The Balaban J connectivity index is 1.53. The molecule has 136 valence electrons. The Labute approximate surface area is 158 Å². The minimum absolute atomic E-state index is 0.0157. The summed E-state index contributed by atoms with van der Waals surface area (Å²) in [5.41, 5.74) is 1.15. The molecule has 27 heavy (non-hydrogen) atoms. The van der Waals surface area contributed by atoms with Gasteiger partial charge in [0.25, 0.3) is 11.5 Å². The lowest BCUT2D eigenvalue weighted by molar-refractivity contribution is -0.132. The number of nitrogens with zero attached hydrogens (tertiary/aromatic N) is 3. The molecule has 0 bridgehead atoms. The number of carbonyl (C=O) groups excluding carboxylic acids is 2. The number of hydrogen-bond acceptors (Lipinski definition) is 5. The minimum Gasteiger partial charge on any atom is -0.319 e. The van der Waals surface area contributed by atoms with Crippen molar-refractivity contribution in [1.82, 2.24) is 19.6 Å². The number of rotatable bonds is 2. The number of aromatic nitrogens is 2. The maximum Gasteiger partial charge on any atom is 0.325 e. The Bertz CT molecular complexity index is 1150. The fraction of sp³-hybridized carbons (Fsp3) is 0.263. The number of amides is 3. The van der Waals surface area contributed by atoms with Crippen molar-refractivity contribution in [2.45, 2.75) is 31.3 Å². The van der Waals surface area contributed by atoms with Gasteiger partial charge in [-0.3, -0.25) is 18.9 Å². The van der Waals surface area contributed by atoms with E-state index < -0.39 is 11.6 Å². The molecule has 2 aromatic heterocycles. The van der Waals surface area contributed by atoms with E-state index in [-0.39, 0.29) is 18.0 Å². The summed E-state index contributed by atoms with van der Waals surface area (Å²) in [5.74, 6) is -0.271. The molecule has 1 atom stereocenters. The van der Waals surface area contributed by atoms with Crippen molar-refractivity contribution in [3.63, 3.8) is 0 Å². The summed E-state index contributed by atoms with van der Waals surface area (Å²) in [4.78, 5) is 44.3. The molecule has 1 aliphatic heterocycles. The first-order valence-electron chi connectivity index (χ1n) is 8.77. The van der Waals surface area contributed by atoms with E-state index in [0.717, 1.165) is 24.0 Å². The third-order valence-corrected chi connectivity index (χ3v) is 6.08. The van der Waals surface area contributed by atoms with Gasteiger partial charge in [0.2, 0.25) is 0 Å². The molecule has 2 aliphatic rings. The lowest BCUT2D eigenvalue weighted by Crippen LogP contribution is -2.46. The van der Waals surface area contributed by atoms with Crippen molar-refractivity contribution in [2.75, 3.05) is 0 Å². The Morgan fingerprint density at radius 2 is 2.07 bits per heavy atom. The number of benzene rings is 1. The highest BCUT2D eigenvalue weighted by atomic mass is 32.1. The molecule has 1 aromatic carbocycles. The summed E-state index contributed by atoms with van der Waals surface area (Å²) in [5, 5.41) is 4.69. The average molecular weight is 380 g/mol. The van der Waals surface area contributed by atoms with Gasteiger partial charge in [-0.25, -0.2) is 9.78 Å². The first kappa shape index (κ1) is 16.2. The summed E-state index contributed by atoms with van der Waals surface area (Å²) in [6, 6.07) is 8.69. The number of fused-ring (bicyclic) bond motifs is 3. The van der Waals surface area contributed by atoms with Crippen molar-refractivity contribution >= 4 is 28.2 Å². The normalized spacial score (nSPS) is 21.7. The van der Waals surface area contributed by atoms with Gasteiger partial charge in [-0.05, 0) is 30.4 Å². The first-order chi connectivity index (χ1) is 13.1. The molecule has 7 nitrogen and oxygen atoms in total. The number of hydrogen-bond donors (Lipinski definition) is 1. The van der Waals surface area contributed by atoms with Crippen LogP contribution in [-0.2, 0) is 23.3 Å². The zero-order valence-corrected chi connectivity index (χ0v) is 15.2. The SMILES string of the molecule is O=C1N[C@@]2(CCCc3ccccc32)C(=O)N1Cc1cc(=O)n2ccsc2n1. The summed E-state index contributed by atoms with van der Waals surface area (Å²) < 4.78 is 1.44. The lowest BCUT2D eigenvalue weighted by atomic mass is 9.76. The molecule has 1 N–H and O–H groups in total. The molecule has 5 rings (SSSR count). The van der Waals surface area contributed by atoms with Crippen LogP contribution in [0.4, 0.5) is 4.79 Å². The number of thiazole rings is 1. The summed E-state index contributed by atoms with van der Waals surface area (Å²) in [7, 11) is 0. The van der Waals surface area contributed by atoms with E-state index >= 15 is 0 Å². The van der Waals surface area contributed by atoms with Crippen LogP contribution in [-0.4, -0.2) is 26.2 Å². The third kappa shape index (κ3) is 2.33. The molecule has 1 fully saturated rings. The highest BCUT2D eigenvalue weighted by Gasteiger charge is 2.53. The van der Waals surface area contributed by atoms with Crippen molar-refractivity contribution < 1.29 is 9.59 Å². The average Bonchev–Trinajstić information content (AvgIpc) is 3.22. The predicted molar refractivity (Wildman–Crippen MR) is 99.5 cm³/mol. The Morgan fingerprint density at radius 1 is 1.22 bits per heavy atom. The minimum atomic E-state index is -1.01. The van der Waals surface area contributed by atoms with Gasteiger partial charge in [-0.2, -0.15) is 0 Å². The second-order valence-electron chi connectivity index (χ2n) is 6.88. The first-order valence-corrected chi connectivity index (χ1v) is 9.65. The molecule has 1 aliphatic carbocycles. The highest BCUT2D eigenvalue weighted by molar-refractivity contribution is 7.15.